The molecule has 1 aromatic heterocycles. The summed E-state index contributed by atoms with van der Waals surface area (Å²) in [6, 6.07) is 29.3. The molecule has 0 amide bonds. The van der Waals surface area contributed by atoms with Crippen molar-refractivity contribution in [2.45, 2.75) is 19.2 Å². The van der Waals surface area contributed by atoms with Gasteiger partial charge in [0.1, 0.15) is 11.9 Å². The van der Waals surface area contributed by atoms with Gasteiger partial charge in [0.15, 0.2) is 0 Å². The van der Waals surface area contributed by atoms with Crippen LogP contribution in [0, 0.1) is 0 Å². The standard InChI is InChI=1S/C32H34N4O5/c37-30-20-29(33-21-28(24-34-16-18-40-19-17-34)41-31(38)27-14-8-3-9-15-27)35(22-25-10-4-1-5-11-25)32(39)36(30)23-26-12-6-2-7-13-26/h1-15,20,28,33H,16-19,21-24H2. The fraction of sp³-hybridized carbons (Fsp3) is 0.281. The molecule has 0 bridgehead atoms. The Bertz CT molecular complexity index is 1530. The minimum Gasteiger partial charge on any atom is -0.456 e. The van der Waals surface area contributed by atoms with Gasteiger partial charge in [-0.1, -0.05) is 78.9 Å². The number of hydrogen-bond donors (Lipinski definition) is 1. The van der Waals surface area contributed by atoms with Crippen molar-refractivity contribution in [3.63, 3.8) is 0 Å². The van der Waals surface area contributed by atoms with Crippen LogP contribution in [0.15, 0.2) is 107 Å². The molecule has 1 fully saturated rings. The van der Waals surface area contributed by atoms with E-state index in [-0.39, 0.29) is 19.6 Å². The van der Waals surface area contributed by atoms with Crippen molar-refractivity contribution in [3.8, 4) is 0 Å². The highest BCUT2D eigenvalue weighted by Crippen LogP contribution is 2.12. The van der Waals surface area contributed by atoms with Gasteiger partial charge >= 0.3 is 11.7 Å². The van der Waals surface area contributed by atoms with E-state index in [0.29, 0.717) is 31.1 Å². The lowest BCUT2D eigenvalue weighted by Gasteiger charge is -2.30. The first-order valence-electron chi connectivity index (χ1n) is 13.8. The predicted molar refractivity (Wildman–Crippen MR) is 157 cm³/mol. The van der Waals surface area contributed by atoms with Gasteiger partial charge in [-0.3, -0.25) is 18.8 Å². The van der Waals surface area contributed by atoms with Gasteiger partial charge in [-0.15, -0.1) is 0 Å². The molecule has 9 heteroatoms. The van der Waals surface area contributed by atoms with Crippen LogP contribution in [0.5, 0.6) is 0 Å². The molecule has 2 heterocycles. The maximum Gasteiger partial charge on any atom is 0.338 e. The number of anilines is 1. The summed E-state index contributed by atoms with van der Waals surface area (Å²) in [6.45, 7) is 3.83. The van der Waals surface area contributed by atoms with E-state index in [1.807, 2.05) is 66.7 Å². The van der Waals surface area contributed by atoms with E-state index in [2.05, 4.69) is 10.2 Å². The number of rotatable bonds is 11. The van der Waals surface area contributed by atoms with Crippen molar-refractivity contribution >= 4 is 11.8 Å². The zero-order valence-electron chi connectivity index (χ0n) is 22.9. The molecule has 5 rings (SSSR count). The molecule has 0 radical (unpaired) electrons. The van der Waals surface area contributed by atoms with Crippen molar-refractivity contribution in [2.75, 3.05) is 44.7 Å². The molecule has 0 spiro atoms. The second-order valence-corrected chi connectivity index (χ2v) is 9.98. The lowest BCUT2D eigenvalue weighted by atomic mass is 10.2. The Morgan fingerprint density at radius 2 is 1.37 bits per heavy atom. The minimum atomic E-state index is -0.534. The first kappa shape index (κ1) is 28.1. The molecule has 1 aliphatic rings. The molecule has 41 heavy (non-hydrogen) atoms. The maximum absolute atomic E-state index is 13.7. The quantitative estimate of drug-likeness (QED) is 0.285. The summed E-state index contributed by atoms with van der Waals surface area (Å²) in [5.41, 5.74) is 1.42. The van der Waals surface area contributed by atoms with E-state index in [1.54, 1.807) is 28.8 Å². The number of aromatic nitrogens is 2. The van der Waals surface area contributed by atoms with Crippen LogP contribution in [-0.4, -0.2) is 65.5 Å². The van der Waals surface area contributed by atoms with Crippen LogP contribution < -0.4 is 16.6 Å². The molecular formula is C32H34N4O5. The van der Waals surface area contributed by atoms with Crippen LogP contribution in [0.1, 0.15) is 21.5 Å². The molecule has 1 unspecified atom stereocenters. The predicted octanol–water partition coefficient (Wildman–Crippen LogP) is 3.08. The van der Waals surface area contributed by atoms with Gasteiger partial charge in [-0.2, -0.15) is 0 Å². The molecule has 3 aromatic carbocycles. The Morgan fingerprint density at radius 1 is 0.805 bits per heavy atom. The number of hydrogen-bond acceptors (Lipinski definition) is 7. The monoisotopic (exact) mass is 554 g/mol. The van der Waals surface area contributed by atoms with E-state index in [4.69, 9.17) is 9.47 Å². The zero-order chi connectivity index (χ0) is 28.4. The zero-order valence-corrected chi connectivity index (χ0v) is 22.9. The molecule has 212 valence electrons. The van der Waals surface area contributed by atoms with Crippen molar-refractivity contribution in [1.82, 2.24) is 14.0 Å². The summed E-state index contributed by atoms with van der Waals surface area (Å²) in [5, 5.41) is 3.27. The molecule has 0 saturated carbocycles. The van der Waals surface area contributed by atoms with Gasteiger partial charge in [-0.25, -0.2) is 9.59 Å². The molecule has 4 aromatic rings. The summed E-state index contributed by atoms with van der Waals surface area (Å²) < 4.78 is 14.2. The molecular weight excluding hydrogens is 520 g/mol. The number of carbonyl (C=O) groups is 1. The number of nitrogens with zero attached hydrogens (tertiary/aromatic N) is 3. The molecule has 1 N–H and O–H groups in total. The van der Waals surface area contributed by atoms with E-state index in [1.165, 1.54) is 10.6 Å². The molecule has 0 aliphatic carbocycles. The average molecular weight is 555 g/mol. The Kier molecular flexibility index (Phi) is 9.41. The van der Waals surface area contributed by atoms with Crippen LogP contribution in [0.25, 0.3) is 0 Å². The maximum atomic E-state index is 13.7. The third-order valence-corrected chi connectivity index (χ3v) is 7.01. The first-order valence-corrected chi connectivity index (χ1v) is 13.8. The summed E-state index contributed by atoms with van der Waals surface area (Å²) in [5.74, 6) is -0.0542. The van der Waals surface area contributed by atoms with Crippen LogP contribution in [-0.2, 0) is 22.6 Å². The third kappa shape index (κ3) is 7.59. The van der Waals surface area contributed by atoms with Crippen molar-refractivity contribution in [1.29, 1.82) is 0 Å². The third-order valence-electron chi connectivity index (χ3n) is 7.01. The van der Waals surface area contributed by atoms with Gasteiger partial charge in [-0.05, 0) is 23.3 Å². The molecule has 1 saturated heterocycles. The van der Waals surface area contributed by atoms with Crippen molar-refractivity contribution in [3.05, 3.63) is 135 Å². The lowest BCUT2D eigenvalue weighted by molar-refractivity contribution is -0.000895. The normalized spacial score (nSPS) is 14.3. The van der Waals surface area contributed by atoms with E-state index in [0.717, 1.165) is 24.2 Å². The molecule has 1 aliphatic heterocycles. The number of benzene rings is 3. The summed E-state index contributed by atoms with van der Waals surface area (Å²) in [6.07, 6.45) is -0.534. The number of ether oxygens (including phenoxy) is 2. The Morgan fingerprint density at radius 3 is 1.98 bits per heavy atom. The van der Waals surface area contributed by atoms with E-state index >= 15 is 0 Å². The summed E-state index contributed by atoms with van der Waals surface area (Å²) >= 11 is 0. The van der Waals surface area contributed by atoms with Crippen LogP contribution in [0.4, 0.5) is 5.82 Å². The lowest BCUT2D eigenvalue weighted by Crippen LogP contribution is -2.45. The van der Waals surface area contributed by atoms with Gasteiger partial charge in [0.25, 0.3) is 5.56 Å². The minimum absolute atomic E-state index is 0.169. The molecule has 1 atom stereocenters. The Labute approximate surface area is 238 Å². The smallest absolute Gasteiger partial charge is 0.338 e. The van der Waals surface area contributed by atoms with Crippen LogP contribution >= 0.6 is 0 Å². The molecule has 9 nitrogen and oxygen atoms in total. The van der Waals surface area contributed by atoms with Gasteiger partial charge in [0.05, 0.1) is 38.4 Å². The number of esters is 1. The largest absolute Gasteiger partial charge is 0.456 e. The summed E-state index contributed by atoms with van der Waals surface area (Å²) in [7, 11) is 0. The Balaban J connectivity index is 1.42. The van der Waals surface area contributed by atoms with Gasteiger partial charge in [0.2, 0.25) is 0 Å². The SMILES string of the molecule is O=C(OC(CNc1cc(=O)n(Cc2ccccc2)c(=O)n1Cc1ccccc1)CN1CCOCC1)c1ccccc1. The number of nitrogens with one attached hydrogen (secondary N) is 1. The van der Waals surface area contributed by atoms with Crippen molar-refractivity contribution < 1.29 is 14.3 Å². The first-order chi connectivity index (χ1) is 20.1. The highest BCUT2D eigenvalue weighted by Gasteiger charge is 2.22. The van der Waals surface area contributed by atoms with Crippen LogP contribution in [0.3, 0.4) is 0 Å². The highest BCUT2D eigenvalue weighted by molar-refractivity contribution is 5.89. The number of carbonyl (C=O) groups excluding carboxylic acids is 1. The Hall–Kier alpha value is -4.47. The fourth-order valence-electron chi connectivity index (χ4n) is 4.82. The van der Waals surface area contributed by atoms with E-state index < -0.39 is 23.3 Å². The van der Waals surface area contributed by atoms with Gasteiger partial charge in [0, 0.05) is 25.7 Å². The van der Waals surface area contributed by atoms with E-state index in [9.17, 15) is 14.4 Å². The summed E-state index contributed by atoms with van der Waals surface area (Å²) in [4.78, 5) is 42.0. The fourth-order valence-corrected chi connectivity index (χ4v) is 4.82. The van der Waals surface area contributed by atoms with Crippen LogP contribution in [0.2, 0.25) is 0 Å². The van der Waals surface area contributed by atoms with Gasteiger partial charge < -0.3 is 14.8 Å². The number of morpholine rings is 1. The highest BCUT2D eigenvalue weighted by atomic mass is 16.5. The second kappa shape index (κ2) is 13.7. The topological polar surface area (TPSA) is 94.8 Å². The second-order valence-electron chi connectivity index (χ2n) is 9.98. The average Bonchev–Trinajstić information content (AvgIpc) is 3.01. The van der Waals surface area contributed by atoms with Crippen molar-refractivity contribution in [2.24, 2.45) is 0 Å².